The molecule has 0 aromatic heterocycles. The van der Waals surface area contributed by atoms with Crippen molar-refractivity contribution in [2.75, 3.05) is 26.9 Å². The number of carbonyl (C=O) groups excluding carboxylic acids is 1. The Morgan fingerprint density at radius 1 is 0.729 bits per heavy atom. The number of methoxy groups -OCH3 is 1. The number of ketones is 1. The van der Waals surface area contributed by atoms with Crippen LogP contribution in [-0.2, 0) is 33.2 Å². The number of Topliss-reactive ketones (excluding diaryl/α,β-unsaturated/α-hetero) is 1. The quantitative estimate of drug-likeness (QED) is 0.125. The van der Waals surface area contributed by atoms with E-state index >= 15 is 0 Å². The van der Waals surface area contributed by atoms with Gasteiger partial charge in [-0.1, -0.05) is 34.6 Å². The van der Waals surface area contributed by atoms with E-state index in [2.05, 4.69) is 34.6 Å². The number of aliphatic hydroxyl groups excluding tert-OH is 8. The van der Waals surface area contributed by atoms with Gasteiger partial charge in [-0.05, 0) is 96.7 Å². The highest BCUT2D eigenvalue weighted by Crippen LogP contribution is 2.90. The van der Waals surface area contributed by atoms with Gasteiger partial charge >= 0.3 is 0 Å². The molecule has 338 valence electrons. The Morgan fingerprint density at radius 2 is 1.34 bits per heavy atom. The minimum Gasteiger partial charge on any atom is -0.394 e. The molecule has 2 spiro atoms. The topological polar surface area (TPSA) is 255 Å². The maximum absolute atomic E-state index is 13.1. The van der Waals surface area contributed by atoms with Crippen LogP contribution in [0.1, 0.15) is 99.3 Å². The summed E-state index contributed by atoms with van der Waals surface area (Å²) in [5.41, 5.74) is -2.25. The largest absolute Gasteiger partial charge is 0.394 e. The van der Waals surface area contributed by atoms with Gasteiger partial charge in [0.05, 0.1) is 32.0 Å². The van der Waals surface area contributed by atoms with Crippen molar-refractivity contribution in [2.45, 2.75) is 184 Å². The molecular weight excluding hydrogens is 772 g/mol. The summed E-state index contributed by atoms with van der Waals surface area (Å²) in [5, 5.41) is 93.7. The van der Waals surface area contributed by atoms with Crippen LogP contribution in [0.5, 0.6) is 0 Å². The summed E-state index contributed by atoms with van der Waals surface area (Å²) in [4.78, 5) is 13.1. The van der Waals surface area contributed by atoms with Crippen LogP contribution in [-0.4, -0.2) is 164 Å². The van der Waals surface area contributed by atoms with E-state index in [4.69, 9.17) is 28.4 Å². The van der Waals surface area contributed by atoms with Crippen LogP contribution in [0.15, 0.2) is 0 Å². The molecular formula is C43H70O16. The SMILES string of the molecule is COC12CC3(C)C4CCC5C(C)(C)C(OC6OC(CO)C(O)C(O)C6OC6OC(CO)C(O)C(O)C6O)CCC56CC46CCC3(C)C1C(C)C(CC(=O)C(C)(O)CO)O2. The summed E-state index contributed by atoms with van der Waals surface area (Å²) in [6.45, 7) is 10.9. The van der Waals surface area contributed by atoms with Gasteiger partial charge in [0.25, 0.3) is 0 Å². The molecule has 22 unspecified atom stereocenters. The summed E-state index contributed by atoms with van der Waals surface area (Å²) in [7, 11) is 1.71. The highest BCUT2D eigenvalue weighted by molar-refractivity contribution is 5.87. The van der Waals surface area contributed by atoms with Gasteiger partial charge in [-0.3, -0.25) is 4.79 Å². The Kier molecular flexibility index (Phi) is 11.2. The molecule has 22 atom stereocenters. The van der Waals surface area contributed by atoms with Crippen molar-refractivity contribution in [2.24, 2.45) is 50.7 Å². The molecule has 16 nitrogen and oxygen atoms in total. The lowest BCUT2D eigenvalue weighted by Crippen LogP contribution is -2.65. The second-order valence-electron chi connectivity index (χ2n) is 21.2. The molecule has 3 aliphatic heterocycles. The third-order valence-corrected chi connectivity index (χ3v) is 18.5. The average Bonchev–Trinajstić information content (AvgIpc) is 3.71. The van der Waals surface area contributed by atoms with Crippen LogP contribution in [0, 0.1) is 50.7 Å². The fourth-order valence-electron chi connectivity index (χ4n) is 15.2. The molecule has 5 saturated carbocycles. The van der Waals surface area contributed by atoms with E-state index in [0.717, 1.165) is 38.5 Å². The Balaban J connectivity index is 1.01. The number of rotatable bonds is 11. The summed E-state index contributed by atoms with van der Waals surface area (Å²) < 4.78 is 37.7. The third-order valence-electron chi connectivity index (χ3n) is 18.5. The van der Waals surface area contributed by atoms with E-state index in [9.17, 15) is 50.8 Å². The first-order valence-corrected chi connectivity index (χ1v) is 21.9. The maximum atomic E-state index is 13.1. The molecule has 8 rings (SSSR count). The molecule has 0 aromatic carbocycles. The van der Waals surface area contributed by atoms with Gasteiger partial charge in [0.15, 0.2) is 24.2 Å². The van der Waals surface area contributed by atoms with E-state index in [1.54, 1.807) is 7.11 Å². The third kappa shape index (κ3) is 6.13. The standard InChI is InChI=1S/C43H70O16/c1-20-21(14-26(47)40(6,53)19-46)59-43(54-7)17-39(5)25-9-8-24-37(2,3)27(10-11-41(24)18-42(25,41)13-12-38(39,4)34(20)43)57-36-33(31(51)29(49)23(16-45)56-36)58-35-32(52)30(50)28(48)22(15-44)55-35/h20-25,27-36,44-46,48-53H,8-19H2,1-7H3. The average molecular weight is 843 g/mol. The first-order valence-electron chi connectivity index (χ1n) is 21.9. The Labute approximate surface area is 346 Å². The van der Waals surface area contributed by atoms with Gasteiger partial charge in [0.1, 0.15) is 54.4 Å². The van der Waals surface area contributed by atoms with Crippen molar-refractivity contribution in [3.05, 3.63) is 0 Å². The predicted octanol–water partition coefficient (Wildman–Crippen LogP) is 0.125. The van der Waals surface area contributed by atoms with Crippen LogP contribution < -0.4 is 0 Å². The van der Waals surface area contributed by atoms with Gasteiger partial charge in [-0.15, -0.1) is 0 Å². The van der Waals surface area contributed by atoms with Crippen LogP contribution >= 0.6 is 0 Å². The number of fused-ring (bicyclic) bond motifs is 4. The molecule has 16 heteroatoms. The smallest absolute Gasteiger partial charge is 0.187 e. The van der Waals surface area contributed by atoms with Crippen molar-refractivity contribution < 1.29 is 79.2 Å². The minimum absolute atomic E-state index is 0.00628. The molecule has 59 heavy (non-hydrogen) atoms. The van der Waals surface area contributed by atoms with Gasteiger partial charge in [-0.25, -0.2) is 0 Å². The lowest BCUT2D eigenvalue weighted by atomic mass is 9.41. The molecule has 0 amide bonds. The molecule has 5 aliphatic carbocycles. The zero-order chi connectivity index (χ0) is 43.0. The Hall–Kier alpha value is -0.930. The number of hydrogen-bond acceptors (Lipinski definition) is 16. The fourth-order valence-corrected chi connectivity index (χ4v) is 15.2. The molecule has 0 aromatic rings. The molecule has 3 saturated heterocycles. The first-order chi connectivity index (χ1) is 27.6. The number of aliphatic hydroxyl groups is 9. The Bertz CT molecular complexity index is 1590. The normalized spacial score (nSPS) is 55.9. The zero-order valence-electron chi connectivity index (χ0n) is 35.6. The van der Waals surface area contributed by atoms with E-state index in [1.165, 1.54) is 6.92 Å². The van der Waals surface area contributed by atoms with Crippen molar-refractivity contribution >= 4 is 5.78 Å². The second kappa shape index (κ2) is 14.8. The summed E-state index contributed by atoms with van der Waals surface area (Å²) in [6.07, 6.45) is -8.48. The van der Waals surface area contributed by atoms with Gasteiger partial charge in [0.2, 0.25) is 0 Å². The molecule has 3 heterocycles. The van der Waals surface area contributed by atoms with Gasteiger partial charge in [-0.2, -0.15) is 0 Å². The van der Waals surface area contributed by atoms with Crippen LogP contribution in [0.25, 0.3) is 0 Å². The van der Waals surface area contributed by atoms with Crippen LogP contribution in [0.3, 0.4) is 0 Å². The highest BCUT2D eigenvalue weighted by atomic mass is 16.8. The molecule has 9 N–H and O–H groups in total. The van der Waals surface area contributed by atoms with Crippen molar-refractivity contribution in [3.63, 3.8) is 0 Å². The summed E-state index contributed by atoms with van der Waals surface area (Å²) in [5.74, 6) is -0.566. The van der Waals surface area contributed by atoms with E-state index in [-0.39, 0.29) is 57.4 Å². The second-order valence-corrected chi connectivity index (χ2v) is 21.2. The molecule has 0 bridgehead atoms. The summed E-state index contributed by atoms with van der Waals surface area (Å²) in [6, 6.07) is 0. The number of carbonyl (C=O) groups is 1. The molecule has 0 radical (unpaired) electrons. The zero-order valence-corrected chi connectivity index (χ0v) is 35.6. The van der Waals surface area contributed by atoms with Crippen molar-refractivity contribution in [1.29, 1.82) is 0 Å². The highest BCUT2D eigenvalue weighted by Gasteiger charge is 2.85. The van der Waals surface area contributed by atoms with Crippen LogP contribution in [0.2, 0.25) is 0 Å². The maximum Gasteiger partial charge on any atom is 0.187 e. The summed E-state index contributed by atoms with van der Waals surface area (Å²) >= 11 is 0. The van der Waals surface area contributed by atoms with E-state index in [1.807, 2.05) is 0 Å². The lowest BCUT2D eigenvalue weighted by molar-refractivity contribution is -0.377. The Morgan fingerprint density at radius 3 is 1.97 bits per heavy atom. The van der Waals surface area contributed by atoms with Gasteiger partial charge in [0, 0.05) is 25.9 Å². The number of hydrogen-bond donors (Lipinski definition) is 9. The first kappa shape index (κ1) is 44.7. The van der Waals surface area contributed by atoms with Gasteiger partial charge < -0.3 is 74.4 Å². The van der Waals surface area contributed by atoms with Crippen molar-refractivity contribution in [1.82, 2.24) is 0 Å². The monoisotopic (exact) mass is 842 g/mol. The fraction of sp³-hybridized carbons (Fsp3) is 0.977. The number of ether oxygens (including phenoxy) is 6. The minimum atomic E-state index is -1.83. The predicted molar refractivity (Wildman–Crippen MR) is 205 cm³/mol. The lowest BCUT2D eigenvalue weighted by Gasteiger charge is -2.63. The van der Waals surface area contributed by atoms with E-state index < -0.39 is 105 Å². The van der Waals surface area contributed by atoms with Crippen molar-refractivity contribution in [3.8, 4) is 0 Å². The van der Waals surface area contributed by atoms with Crippen LogP contribution in [0.4, 0.5) is 0 Å². The molecule has 8 aliphatic rings. The van der Waals surface area contributed by atoms with E-state index in [0.29, 0.717) is 18.8 Å². The molecule has 8 fully saturated rings.